The van der Waals surface area contributed by atoms with Crippen LogP contribution in [0, 0.1) is 17.8 Å². The van der Waals surface area contributed by atoms with E-state index in [4.69, 9.17) is 14.2 Å². The predicted molar refractivity (Wildman–Crippen MR) is 92.4 cm³/mol. The van der Waals surface area contributed by atoms with E-state index in [0.29, 0.717) is 36.0 Å². The molecule has 1 heterocycles. The first kappa shape index (κ1) is 15.4. The van der Waals surface area contributed by atoms with E-state index in [1.165, 1.54) is 19.3 Å². The summed E-state index contributed by atoms with van der Waals surface area (Å²) in [6.07, 6.45) is 7.54. The number of nitrogens with one attached hydrogen (secondary N) is 1. The van der Waals surface area contributed by atoms with Gasteiger partial charge in [0, 0.05) is 11.1 Å². The average Bonchev–Trinajstić information content (AvgIpc) is 2.59. The summed E-state index contributed by atoms with van der Waals surface area (Å²) in [5.41, 5.74) is 0.601. The lowest BCUT2D eigenvalue weighted by atomic mass is 9.53. The number of hydrogen-bond donors (Lipinski definition) is 1. The summed E-state index contributed by atoms with van der Waals surface area (Å²) < 4.78 is 16.7. The van der Waals surface area contributed by atoms with Gasteiger partial charge in [0.25, 0.3) is 5.91 Å². The fourth-order valence-electron chi connectivity index (χ4n) is 5.98. The summed E-state index contributed by atoms with van der Waals surface area (Å²) in [7, 11) is 1.59. The Bertz CT molecular complexity index is 661. The molecule has 0 spiro atoms. The second-order valence-corrected chi connectivity index (χ2v) is 8.35. The molecule has 4 aliphatic carbocycles. The Labute approximate surface area is 148 Å². The van der Waals surface area contributed by atoms with E-state index in [1.807, 2.05) is 0 Å². The lowest BCUT2D eigenvalue weighted by Gasteiger charge is -2.56. The van der Waals surface area contributed by atoms with Crippen molar-refractivity contribution < 1.29 is 19.0 Å². The molecule has 1 N–H and O–H groups in total. The first-order chi connectivity index (χ1) is 12.1. The molecular weight excluding hydrogens is 318 g/mol. The molecule has 4 saturated carbocycles. The van der Waals surface area contributed by atoms with Crippen LogP contribution in [-0.4, -0.2) is 31.8 Å². The third-order valence-electron chi connectivity index (χ3n) is 6.51. The van der Waals surface area contributed by atoms with Gasteiger partial charge in [-0.2, -0.15) is 0 Å². The summed E-state index contributed by atoms with van der Waals surface area (Å²) in [6.45, 7) is 0.998. The number of carbonyl (C=O) groups excluding carboxylic acids is 1. The topological polar surface area (TPSA) is 56.8 Å². The van der Waals surface area contributed by atoms with E-state index in [9.17, 15) is 4.79 Å². The van der Waals surface area contributed by atoms with Gasteiger partial charge in [0.15, 0.2) is 11.5 Å². The monoisotopic (exact) mass is 343 g/mol. The zero-order chi connectivity index (χ0) is 17.0. The number of ether oxygens (including phenoxy) is 3. The van der Waals surface area contributed by atoms with Crippen LogP contribution >= 0.6 is 0 Å². The molecule has 0 radical (unpaired) electrons. The van der Waals surface area contributed by atoms with Crippen LogP contribution < -0.4 is 19.5 Å². The van der Waals surface area contributed by atoms with Gasteiger partial charge in [0.05, 0.1) is 7.11 Å². The highest BCUT2D eigenvalue weighted by atomic mass is 16.6. The zero-order valence-corrected chi connectivity index (χ0v) is 14.7. The molecule has 1 aliphatic heterocycles. The van der Waals surface area contributed by atoms with Crippen molar-refractivity contribution in [3.8, 4) is 17.2 Å². The van der Waals surface area contributed by atoms with Gasteiger partial charge in [-0.25, -0.2) is 0 Å². The minimum absolute atomic E-state index is 0.00628. The van der Waals surface area contributed by atoms with Gasteiger partial charge in [-0.15, -0.1) is 0 Å². The van der Waals surface area contributed by atoms with Crippen molar-refractivity contribution in [2.45, 2.75) is 44.1 Å². The van der Waals surface area contributed by atoms with E-state index in [0.717, 1.165) is 37.0 Å². The molecule has 134 valence electrons. The van der Waals surface area contributed by atoms with Crippen LogP contribution in [0.2, 0.25) is 0 Å². The Morgan fingerprint density at radius 3 is 2.36 bits per heavy atom. The van der Waals surface area contributed by atoms with Crippen molar-refractivity contribution in [1.29, 1.82) is 0 Å². The maximum Gasteiger partial charge on any atom is 0.251 e. The van der Waals surface area contributed by atoms with Crippen LogP contribution in [0.15, 0.2) is 12.1 Å². The predicted octanol–water partition coefficient (Wildman–Crippen LogP) is 3.17. The van der Waals surface area contributed by atoms with Gasteiger partial charge < -0.3 is 19.5 Å². The fraction of sp³-hybridized carbons (Fsp3) is 0.650. The molecule has 5 heteroatoms. The summed E-state index contributed by atoms with van der Waals surface area (Å²) in [5.74, 6) is 4.16. The first-order valence-corrected chi connectivity index (χ1v) is 9.44. The first-order valence-electron chi connectivity index (χ1n) is 9.44. The second kappa shape index (κ2) is 5.55. The molecule has 1 aromatic carbocycles. The minimum Gasteiger partial charge on any atom is -0.493 e. The standard InChI is InChI=1S/C20H25NO4/c1-23-16-7-15(8-17-18(16)25-3-2-24-17)19(22)21-20-9-12-4-13(10-20)6-14(5-12)11-20/h7-8,12-14H,2-6,9-11H2,1H3,(H,21,22). The summed E-state index contributed by atoms with van der Waals surface area (Å²) in [5, 5.41) is 3.41. The van der Waals surface area contributed by atoms with Gasteiger partial charge in [-0.1, -0.05) is 0 Å². The zero-order valence-electron chi connectivity index (χ0n) is 14.7. The van der Waals surface area contributed by atoms with Crippen molar-refractivity contribution in [3.63, 3.8) is 0 Å². The maximum atomic E-state index is 13.0. The molecule has 0 saturated heterocycles. The summed E-state index contributed by atoms with van der Waals surface area (Å²) in [4.78, 5) is 13.0. The van der Waals surface area contributed by atoms with Crippen molar-refractivity contribution in [2.24, 2.45) is 17.8 Å². The molecule has 4 bridgehead atoms. The van der Waals surface area contributed by atoms with Crippen molar-refractivity contribution in [1.82, 2.24) is 5.32 Å². The third kappa shape index (κ3) is 2.55. The van der Waals surface area contributed by atoms with E-state index in [-0.39, 0.29) is 11.4 Å². The highest BCUT2D eigenvalue weighted by Gasteiger charge is 2.51. The molecule has 25 heavy (non-hydrogen) atoms. The van der Waals surface area contributed by atoms with Crippen LogP contribution in [0.25, 0.3) is 0 Å². The number of hydrogen-bond acceptors (Lipinski definition) is 4. The number of carbonyl (C=O) groups is 1. The quantitative estimate of drug-likeness (QED) is 0.916. The summed E-state index contributed by atoms with van der Waals surface area (Å²) in [6, 6.07) is 3.55. The van der Waals surface area contributed by atoms with Crippen molar-refractivity contribution >= 4 is 5.91 Å². The van der Waals surface area contributed by atoms with Gasteiger partial charge in [0.1, 0.15) is 13.2 Å². The summed E-state index contributed by atoms with van der Waals surface area (Å²) >= 11 is 0. The van der Waals surface area contributed by atoms with E-state index < -0.39 is 0 Å². The molecule has 5 aliphatic rings. The normalized spacial score (nSPS) is 34.7. The van der Waals surface area contributed by atoms with Crippen molar-refractivity contribution in [2.75, 3.05) is 20.3 Å². The lowest BCUT2D eigenvalue weighted by Crippen LogP contribution is -2.59. The van der Waals surface area contributed by atoms with Crippen LogP contribution in [-0.2, 0) is 0 Å². The highest BCUT2D eigenvalue weighted by molar-refractivity contribution is 5.96. The molecule has 4 fully saturated rings. The molecule has 0 atom stereocenters. The van der Waals surface area contributed by atoms with Crippen LogP contribution in [0.4, 0.5) is 0 Å². The van der Waals surface area contributed by atoms with Crippen LogP contribution in [0.1, 0.15) is 48.9 Å². The number of fused-ring (bicyclic) bond motifs is 1. The number of methoxy groups -OCH3 is 1. The van der Waals surface area contributed by atoms with E-state index >= 15 is 0 Å². The lowest BCUT2D eigenvalue weighted by molar-refractivity contribution is -0.0167. The number of rotatable bonds is 3. The molecular formula is C20H25NO4. The minimum atomic E-state index is -0.0165. The molecule has 0 aromatic heterocycles. The van der Waals surface area contributed by atoms with E-state index in [1.54, 1.807) is 19.2 Å². The second-order valence-electron chi connectivity index (χ2n) is 8.35. The van der Waals surface area contributed by atoms with Crippen LogP contribution in [0.3, 0.4) is 0 Å². The van der Waals surface area contributed by atoms with Gasteiger partial charge in [-0.3, -0.25) is 4.79 Å². The Hall–Kier alpha value is -1.91. The fourth-order valence-corrected chi connectivity index (χ4v) is 5.98. The van der Waals surface area contributed by atoms with Gasteiger partial charge in [0.2, 0.25) is 5.75 Å². The molecule has 6 rings (SSSR count). The van der Waals surface area contributed by atoms with Gasteiger partial charge in [-0.05, 0) is 68.4 Å². The maximum absolute atomic E-state index is 13.0. The van der Waals surface area contributed by atoms with Gasteiger partial charge >= 0.3 is 0 Å². The molecule has 0 unspecified atom stereocenters. The van der Waals surface area contributed by atoms with E-state index in [2.05, 4.69) is 5.32 Å². The molecule has 5 nitrogen and oxygen atoms in total. The largest absolute Gasteiger partial charge is 0.493 e. The molecule has 1 aromatic rings. The number of benzene rings is 1. The third-order valence-corrected chi connectivity index (χ3v) is 6.51. The Morgan fingerprint density at radius 1 is 1.08 bits per heavy atom. The Balaban J connectivity index is 1.41. The number of amides is 1. The highest BCUT2D eigenvalue weighted by Crippen LogP contribution is 2.55. The molecule has 1 amide bonds. The SMILES string of the molecule is COc1cc(C(=O)NC23CC4CC(CC(C4)C2)C3)cc2c1OCCO2. The average molecular weight is 343 g/mol. The van der Waals surface area contributed by atoms with Crippen molar-refractivity contribution in [3.05, 3.63) is 17.7 Å². The smallest absolute Gasteiger partial charge is 0.251 e. The Morgan fingerprint density at radius 2 is 1.72 bits per heavy atom. The Kier molecular flexibility index (Phi) is 3.41. The van der Waals surface area contributed by atoms with Crippen LogP contribution in [0.5, 0.6) is 17.2 Å².